The number of carboxylic acid groups (broad SMARTS) is 1. The summed E-state index contributed by atoms with van der Waals surface area (Å²) in [5, 5.41) is 17.0. The summed E-state index contributed by atoms with van der Waals surface area (Å²) in [4.78, 5) is 10.5. The van der Waals surface area contributed by atoms with Gasteiger partial charge in [0.2, 0.25) is 0 Å². The lowest BCUT2D eigenvalue weighted by Gasteiger charge is -2.15. The van der Waals surface area contributed by atoms with E-state index in [-0.39, 0.29) is 12.1 Å². The van der Waals surface area contributed by atoms with E-state index >= 15 is 0 Å². The van der Waals surface area contributed by atoms with Crippen LogP contribution in [0.2, 0.25) is 0 Å². The van der Waals surface area contributed by atoms with Gasteiger partial charge >= 0.3 is 18.3 Å². The first-order chi connectivity index (χ1) is 8.48. The third-order valence-corrected chi connectivity index (χ3v) is 2.11. The average Bonchev–Trinajstić information content (AvgIpc) is 2.24. The van der Waals surface area contributed by atoms with Crippen molar-refractivity contribution in [2.45, 2.75) is 12.4 Å². The molecule has 0 amide bonds. The van der Waals surface area contributed by atoms with Gasteiger partial charge in [-0.1, -0.05) is 0 Å². The van der Waals surface area contributed by atoms with E-state index in [0.29, 0.717) is 0 Å². The van der Waals surface area contributed by atoms with E-state index in [0.717, 1.165) is 6.07 Å². The molecule has 0 aliphatic rings. The molecule has 0 radical (unpaired) electrons. The number of benzene rings is 1. The van der Waals surface area contributed by atoms with Crippen LogP contribution in [-0.2, 0) is 12.4 Å². The molecular formula is C10H3F6NO2. The fourth-order valence-corrected chi connectivity index (χ4v) is 1.33. The largest absolute Gasteiger partial charge is 0.478 e. The normalized spacial score (nSPS) is 12.1. The number of rotatable bonds is 1. The Balaban J connectivity index is 3.79. The van der Waals surface area contributed by atoms with E-state index in [1.54, 1.807) is 0 Å². The van der Waals surface area contributed by atoms with Gasteiger partial charge in [0.05, 0.1) is 22.3 Å². The van der Waals surface area contributed by atoms with Crippen LogP contribution in [0.15, 0.2) is 12.1 Å². The second-order valence-electron chi connectivity index (χ2n) is 3.36. The van der Waals surface area contributed by atoms with E-state index in [1.807, 2.05) is 0 Å². The Morgan fingerprint density at radius 1 is 1.05 bits per heavy atom. The van der Waals surface area contributed by atoms with Gasteiger partial charge in [0.1, 0.15) is 6.07 Å². The highest BCUT2D eigenvalue weighted by atomic mass is 19.4. The Morgan fingerprint density at radius 3 is 1.63 bits per heavy atom. The topological polar surface area (TPSA) is 61.1 Å². The molecule has 0 spiro atoms. The highest BCUT2D eigenvalue weighted by Gasteiger charge is 2.42. The molecule has 0 aliphatic heterocycles. The van der Waals surface area contributed by atoms with E-state index < -0.39 is 40.6 Å². The predicted molar refractivity (Wildman–Crippen MR) is 48.1 cm³/mol. The number of carboxylic acids is 1. The Labute approximate surface area is 101 Å². The number of carbonyl (C=O) groups is 1. The first kappa shape index (κ1) is 14.8. The van der Waals surface area contributed by atoms with Crippen molar-refractivity contribution in [1.29, 1.82) is 5.26 Å². The summed E-state index contributed by atoms with van der Waals surface area (Å²) in [7, 11) is 0. The summed E-state index contributed by atoms with van der Waals surface area (Å²) < 4.78 is 75.2. The maximum absolute atomic E-state index is 12.5. The molecule has 0 unspecified atom stereocenters. The number of nitrogens with zero attached hydrogens (tertiary/aromatic N) is 1. The lowest BCUT2D eigenvalue weighted by molar-refractivity contribution is -0.143. The summed E-state index contributed by atoms with van der Waals surface area (Å²) in [5.41, 5.74) is -6.70. The van der Waals surface area contributed by atoms with Crippen molar-refractivity contribution in [3.8, 4) is 6.07 Å². The Kier molecular flexibility index (Phi) is 3.48. The van der Waals surface area contributed by atoms with Crippen LogP contribution in [-0.4, -0.2) is 11.1 Å². The minimum Gasteiger partial charge on any atom is -0.478 e. The predicted octanol–water partition coefficient (Wildman–Crippen LogP) is 3.29. The van der Waals surface area contributed by atoms with Gasteiger partial charge in [-0.3, -0.25) is 0 Å². The Bertz CT molecular complexity index is 532. The molecular weight excluding hydrogens is 280 g/mol. The molecule has 1 rings (SSSR count). The van der Waals surface area contributed by atoms with Gasteiger partial charge in [0.15, 0.2) is 0 Å². The van der Waals surface area contributed by atoms with Crippen LogP contribution in [0.3, 0.4) is 0 Å². The average molecular weight is 283 g/mol. The second kappa shape index (κ2) is 4.46. The van der Waals surface area contributed by atoms with Crippen molar-refractivity contribution in [2.24, 2.45) is 0 Å². The Morgan fingerprint density at radius 2 is 1.42 bits per heavy atom. The van der Waals surface area contributed by atoms with Crippen LogP contribution >= 0.6 is 0 Å². The zero-order valence-electron chi connectivity index (χ0n) is 8.73. The maximum Gasteiger partial charge on any atom is 0.417 e. The zero-order chi connectivity index (χ0) is 15.0. The van der Waals surface area contributed by atoms with Crippen LogP contribution in [0.25, 0.3) is 0 Å². The van der Waals surface area contributed by atoms with Crippen LogP contribution in [0, 0.1) is 11.3 Å². The van der Waals surface area contributed by atoms with Crippen molar-refractivity contribution >= 4 is 5.97 Å². The molecule has 1 aromatic carbocycles. The highest BCUT2D eigenvalue weighted by molar-refractivity contribution is 5.88. The van der Waals surface area contributed by atoms with Gasteiger partial charge < -0.3 is 5.11 Å². The molecule has 0 bridgehead atoms. The smallest absolute Gasteiger partial charge is 0.417 e. The zero-order valence-corrected chi connectivity index (χ0v) is 8.73. The second-order valence-corrected chi connectivity index (χ2v) is 3.36. The van der Waals surface area contributed by atoms with Gasteiger partial charge in [-0.15, -0.1) is 0 Å². The van der Waals surface area contributed by atoms with Crippen molar-refractivity contribution in [2.75, 3.05) is 0 Å². The standard InChI is InChI=1S/C10H3F6NO2/c11-9(12,13)6-1-4(8(18)19)2-7(5(6)3-17)10(14,15)16/h1-2H,(H,18,19). The summed E-state index contributed by atoms with van der Waals surface area (Å²) in [5.74, 6) is -1.96. The molecule has 0 aliphatic carbocycles. The number of alkyl halides is 6. The molecule has 1 N–H and O–H groups in total. The van der Waals surface area contributed by atoms with Gasteiger partial charge in [-0.2, -0.15) is 31.6 Å². The third kappa shape index (κ3) is 2.96. The van der Waals surface area contributed by atoms with Crippen LogP contribution < -0.4 is 0 Å². The maximum atomic E-state index is 12.5. The van der Waals surface area contributed by atoms with Crippen molar-refractivity contribution in [3.63, 3.8) is 0 Å². The fourth-order valence-electron chi connectivity index (χ4n) is 1.33. The van der Waals surface area contributed by atoms with Crippen LogP contribution in [0.5, 0.6) is 0 Å². The molecule has 3 nitrogen and oxygen atoms in total. The van der Waals surface area contributed by atoms with Gasteiger partial charge in [0.25, 0.3) is 0 Å². The molecule has 102 valence electrons. The number of hydrogen-bond donors (Lipinski definition) is 1. The first-order valence-corrected chi connectivity index (χ1v) is 4.44. The van der Waals surface area contributed by atoms with Gasteiger partial charge in [0, 0.05) is 0 Å². The molecule has 0 saturated carbocycles. The molecule has 0 aromatic heterocycles. The molecule has 0 heterocycles. The molecule has 9 heteroatoms. The van der Waals surface area contributed by atoms with E-state index in [4.69, 9.17) is 10.4 Å². The van der Waals surface area contributed by atoms with Gasteiger partial charge in [-0.05, 0) is 12.1 Å². The summed E-state index contributed by atoms with van der Waals surface area (Å²) in [6.07, 6.45) is -10.5. The number of halogens is 6. The number of nitriles is 1. The summed E-state index contributed by atoms with van der Waals surface area (Å²) >= 11 is 0. The minimum atomic E-state index is -5.27. The monoisotopic (exact) mass is 283 g/mol. The molecule has 0 atom stereocenters. The fraction of sp³-hybridized carbons (Fsp3) is 0.200. The van der Waals surface area contributed by atoms with Gasteiger partial charge in [-0.25, -0.2) is 4.79 Å². The van der Waals surface area contributed by atoms with E-state index in [9.17, 15) is 31.1 Å². The first-order valence-electron chi connectivity index (χ1n) is 4.44. The molecule has 1 aromatic rings. The number of hydrogen-bond acceptors (Lipinski definition) is 2. The SMILES string of the molecule is N#Cc1c(C(F)(F)F)cc(C(=O)O)cc1C(F)(F)F. The van der Waals surface area contributed by atoms with Crippen LogP contribution in [0.1, 0.15) is 27.0 Å². The lowest BCUT2D eigenvalue weighted by Crippen LogP contribution is -2.17. The Hall–Kier alpha value is -2.24. The molecule has 0 fully saturated rings. The van der Waals surface area contributed by atoms with Crippen molar-refractivity contribution in [3.05, 3.63) is 34.4 Å². The third-order valence-electron chi connectivity index (χ3n) is 2.11. The van der Waals surface area contributed by atoms with Crippen molar-refractivity contribution in [1.82, 2.24) is 0 Å². The van der Waals surface area contributed by atoms with Crippen LogP contribution in [0.4, 0.5) is 26.3 Å². The summed E-state index contributed by atoms with van der Waals surface area (Å²) in [6, 6.07) is 0.803. The minimum absolute atomic E-state index is 0.00384. The highest BCUT2D eigenvalue weighted by Crippen LogP contribution is 2.39. The van der Waals surface area contributed by atoms with E-state index in [1.165, 1.54) is 0 Å². The number of aromatic carboxylic acids is 1. The quantitative estimate of drug-likeness (QED) is 0.804. The van der Waals surface area contributed by atoms with E-state index in [2.05, 4.69) is 0 Å². The summed E-state index contributed by atoms with van der Waals surface area (Å²) in [6.45, 7) is 0. The molecule has 0 saturated heterocycles. The van der Waals surface area contributed by atoms with Crippen molar-refractivity contribution < 1.29 is 36.2 Å². The lowest BCUT2D eigenvalue weighted by atomic mass is 9.97. The molecule has 19 heavy (non-hydrogen) atoms.